The lowest BCUT2D eigenvalue weighted by atomic mass is 9.81. The Kier molecular flexibility index (Phi) is 10.5. The van der Waals surface area contributed by atoms with E-state index in [4.69, 9.17) is 0 Å². The minimum Gasteiger partial charge on any atom is -0.309 e. The third-order valence-corrected chi connectivity index (χ3v) is 13.7. The van der Waals surface area contributed by atoms with Crippen molar-refractivity contribution in [3.8, 4) is 22.3 Å². The number of benzene rings is 7. The van der Waals surface area contributed by atoms with E-state index in [1.165, 1.54) is 68.8 Å². The Hall–Kier alpha value is -8.22. The van der Waals surface area contributed by atoms with E-state index in [0.29, 0.717) is 0 Å². The van der Waals surface area contributed by atoms with Crippen LogP contribution in [-0.2, 0) is 10.8 Å². The van der Waals surface area contributed by atoms with Gasteiger partial charge in [-0.2, -0.15) is 0 Å². The number of aromatic nitrogens is 2. The van der Waals surface area contributed by atoms with Gasteiger partial charge in [0.2, 0.25) is 0 Å². The quantitative estimate of drug-likeness (QED) is 0.128. The zero-order valence-corrected chi connectivity index (χ0v) is 38.3. The van der Waals surface area contributed by atoms with Crippen LogP contribution in [0.4, 0.5) is 42.9 Å². The maximum Gasteiger partial charge on any atom is 0.123 e. The molecule has 6 heteroatoms. The van der Waals surface area contributed by atoms with E-state index in [1.54, 1.807) is 12.4 Å². The average Bonchev–Trinajstić information content (AvgIpc) is 3.73. The Balaban J connectivity index is 0.796. The van der Waals surface area contributed by atoms with Gasteiger partial charge in [0, 0.05) is 46.0 Å². The first-order valence-electron chi connectivity index (χ1n) is 23.0. The molecule has 0 fully saturated rings. The predicted molar refractivity (Wildman–Crippen MR) is 277 cm³/mol. The van der Waals surface area contributed by atoms with Crippen LogP contribution in [0, 0.1) is 11.6 Å². The van der Waals surface area contributed by atoms with Gasteiger partial charge in [0.05, 0.1) is 23.8 Å². The fourth-order valence-corrected chi connectivity index (χ4v) is 10.1. The molecule has 68 heavy (non-hydrogen) atoms. The number of hydrogen-bond donors (Lipinski definition) is 0. The Morgan fingerprint density at radius 3 is 1.04 bits per heavy atom. The summed E-state index contributed by atoms with van der Waals surface area (Å²) in [6.45, 7) is 9.18. The van der Waals surface area contributed by atoms with E-state index >= 15 is 0 Å². The molecule has 0 spiro atoms. The SMILES string of the molecule is CC1(C)c2cc(/C=C/c3ccc(/C=C/c4ccc5c(c4)C(C)(C)c4cc(N(c6ccc(F)cc6)c6cccnc6)ccc4-5)cc3)ccc2-c2ccc(N(c3ccc(F)cc3)c3cccnc3)cc21. The predicted octanol–water partition coefficient (Wildman–Crippen LogP) is 16.6. The molecular weight excluding hydrogens is 839 g/mol. The van der Waals surface area contributed by atoms with Crippen LogP contribution < -0.4 is 9.80 Å². The molecule has 0 saturated heterocycles. The standard InChI is InChI=1S/C62H48F2N4/c1-61(2)57-35-43(17-29-53(57)55-31-27-49(37-59(55)61)67(51-7-5-33-65-39-51)47-23-19-45(63)20-24-47)15-13-41-9-11-42(12-10-41)14-16-44-18-30-54-56-32-28-50(38-60(56)62(3,4)58(54)36-44)68(52-8-6-34-66-40-52)48-25-21-46(64)22-26-48/h5-40H,1-4H3/b15-13+,16-14+. The molecule has 0 aliphatic heterocycles. The lowest BCUT2D eigenvalue weighted by Crippen LogP contribution is -2.16. The first-order valence-corrected chi connectivity index (χ1v) is 23.0. The van der Waals surface area contributed by atoms with Gasteiger partial charge in [0.1, 0.15) is 11.6 Å². The lowest BCUT2D eigenvalue weighted by Gasteiger charge is -2.27. The molecule has 0 saturated carbocycles. The normalized spacial score (nSPS) is 13.9. The lowest BCUT2D eigenvalue weighted by molar-refractivity contribution is 0.627. The number of pyridine rings is 2. The summed E-state index contributed by atoms with van der Waals surface area (Å²) in [6.07, 6.45) is 15.9. The van der Waals surface area contributed by atoms with Gasteiger partial charge in [-0.1, -0.05) is 125 Å². The van der Waals surface area contributed by atoms with Crippen molar-refractivity contribution in [3.05, 3.63) is 251 Å². The molecule has 2 aromatic heterocycles. The summed E-state index contributed by atoms with van der Waals surface area (Å²) in [6, 6.07) is 56.6. The van der Waals surface area contributed by atoms with Gasteiger partial charge in [-0.05, 0) is 164 Å². The minimum absolute atomic E-state index is 0.237. The van der Waals surface area contributed by atoms with Crippen molar-refractivity contribution in [1.29, 1.82) is 0 Å². The van der Waals surface area contributed by atoms with Crippen LogP contribution in [0.15, 0.2) is 195 Å². The molecule has 9 aromatic rings. The highest BCUT2D eigenvalue weighted by molar-refractivity contribution is 5.89. The van der Waals surface area contributed by atoms with Crippen molar-refractivity contribution in [2.24, 2.45) is 0 Å². The minimum atomic E-state index is -0.267. The fraction of sp³-hybridized carbons (Fsp3) is 0.0968. The molecule has 0 unspecified atom stereocenters. The molecule has 0 atom stereocenters. The molecule has 0 N–H and O–H groups in total. The molecule has 0 bridgehead atoms. The molecule has 330 valence electrons. The number of nitrogens with zero attached hydrogens (tertiary/aromatic N) is 4. The van der Waals surface area contributed by atoms with Crippen LogP contribution in [0.3, 0.4) is 0 Å². The summed E-state index contributed by atoms with van der Waals surface area (Å²) in [7, 11) is 0. The van der Waals surface area contributed by atoms with Crippen molar-refractivity contribution in [1.82, 2.24) is 9.97 Å². The number of rotatable bonds is 10. The molecule has 4 nitrogen and oxygen atoms in total. The summed E-state index contributed by atoms with van der Waals surface area (Å²) in [5.41, 5.74) is 19.7. The van der Waals surface area contributed by atoms with E-state index in [-0.39, 0.29) is 22.5 Å². The summed E-state index contributed by atoms with van der Waals surface area (Å²) in [4.78, 5) is 13.0. The zero-order chi connectivity index (χ0) is 46.6. The molecule has 2 aliphatic rings. The maximum absolute atomic E-state index is 14.0. The van der Waals surface area contributed by atoms with Crippen LogP contribution in [0.1, 0.15) is 72.2 Å². The van der Waals surface area contributed by atoms with Crippen LogP contribution in [-0.4, -0.2) is 9.97 Å². The van der Waals surface area contributed by atoms with Gasteiger partial charge >= 0.3 is 0 Å². The molecule has 0 amide bonds. The fourth-order valence-electron chi connectivity index (χ4n) is 10.1. The van der Waals surface area contributed by atoms with Gasteiger partial charge in [-0.3, -0.25) is 9.97 Å². The summed E-state index contributed by atoms with van der Waals surface area (Å²) < 4.78 is 28.0. The van der Waals surface area contributed by atoms with Crippen LogP contribution in [0.5, 0.6) is 0 Å². The average molecular weight is 887 g/mol. The summed E-state index contributed by atoms with van der Waals surface area (Å²) in [5, 5.41) is 0. The van der Waals surface area contributed by atoms with E-state index in [2.05, 4.69) is 169 Å². The van der Waals surface area contributed by atoms with Crippen molar-refractivity contribution >= 4 is 58.4 Å². The van der Waals surface area contributed by atoms with Gasteiger partial charge in [0.15, 0.2) is 0 Å². The third kappa shape index (κ3) is 7.68. The Morgan fingerprint density at radius 1 is 0.353 bits per heavy atom. The topological polar surface area (TPSA) is 32.3 Å². The zero-order valence-electron chi connectivity index (χ0n) is 38.3. The van der Waals surface area contributed by atoms with Crippen molar-refractivity contribution in [3.63, 3.8) is 0 Å². The van der Waals surface area contributed by atoms with Crippen molar-refractivity contribution < 1.29 is 8.78 Å². The highest BCUT2D eigenvalue weighted by Crippen LogP contribution is 2.52. The second-order valence-electron chi connectivity index (χ2n) is 18.7. The van der Waals surface area contributed by atoms with Gasteiger partial charge in [-0.15, -0.1) is 0 Å². The van der Waals surface area contributed by atoms with E-state index < -0.39 is 0 Å². The van der Waals surface area contributed by atoms with E-state index in [9.17, 15) is 8.78 Å². The van der Waals surface area contributed by atoms with Crippen LogP contribution >= 0.6 is 0 Å². The number of anilines is 6. The van der Waals surface area contributed by atoms with Crippen LogP contribution in [0.25, 0.3) is 46.6 Å². The number of fused-ring (bicyclic) bond motifs is 6. The molecule has 2 heterocycles. The molecular formula is C62H48F2N4. The third-order valence-electron chi connectivity index (χ3n) is 13.7. The molecule has 2 aliphatic carbocycles. The monoisotopic (exact) mass is 886 g/mol. The smallest absolute Gasteiger partial charge is 0.123 e. The van der Waals surface area contributed by atoms with Gasteiger partial charge in [0.25, 0.3) is 0 Å². The number of halogens is 2. The Labute approximate surface area is 396 Å². The Bertz CT molecular complexity index is 3170. The highest BCUT2D eigenvalue weighted by Gasteiger charge is 2.37. The van der Waals surface area contributed by atoms with Crippen LogP contribution in [0.2, 0.25) is 0 Å². The van der Waals surface area contributed by atoms with Crippen molar-refractivity contribution in [2.75, 3.05) is 9.80 Å². The first kappa shape index (κ1) is 42.4. The number of hydrogen-bond acceptors (Lipinski definition) is 4. The first-order chi connectivity index (χ1) is 33.0. The Morgan fingerprint density at radius 2 is 0.676 bits per heavy atom. The van der Waals surface area contributed by atoms with E-state index in [1.807, 2.05) is 60.9 Å². The van der Waals surface area contributed by atoms with Crippen molar-refractivity contribution in [2.45, 2.75) is 38.5 Å². The van der Waals surface area contributed by atoms with E-state index in [0.717, 1.165) is 56.4 Å². The summed E-state index contributed by atoms with van der Waals surface area (Å²) >= 11 is 0. The second-order valence-corrected chi connectivity index (χ2v) is 18.7. The summed E-state index contributed by atoms with van der Waals surface area (Å²) in [5.74, 6) is -0.535. The van der Waals surface area contributed by atoms with Gasteiger partial charge < -0.3 is 9.80 Å². The second kappa shape index (κ2) is 16.9. The molecule has 0 radical (unpaired) electrons. The molecule has 7 aromatic carbocycles. The van der Waals surface area contributed by atoms with Gasteiger partial charge in [-0.25, -0.2) is 8.78 Å². The molecule has 11 rings (SSSR count). The highest BCUT2D eigenvalue weighted by atomic mass is 19.1. The maximum atomic E-state index is 14.0. The largest absolute Gasteiger partial charge is 0.309 e.